The SMILES string of the molecule is C[C@@H]1O[C@@H](O[C@@H]2[C@@H](O)[C@H](OCCc3cc(O)c(O)cc3-[n+]3ccccc3)O[C@H](CO)[C@H]2OC(=O)C=Cc2ccc(O)c(O)c2)[C@H](O)[C@H](O)[C@H]1O. The smallest absolute Gasteiger partial charge is 0.331 e. The predicted molar refractivity (Wildman–Crippen MR) is 169 cm³/mol. The summed E-state index contributed by atoms with van der Waals surface area (Å²) in [6.45, 7) is 0.534. The maximum atomic E-state index is 12.9. The quantitative estimate of drug-likeness (QED) is 0.0517. The van der Waals surface area contributed by atoms with Gasteiger partial charge in [0.25, 0.3) is 0 Å². The summed E-state index contributed by atoms with van der Waals surface area (Å²) in [6.07, 6.45) is -9.47. The van der Waals surface area contributed by atoms with Gasteiger partial charge in [0, 0.05) is 30.2 Å². The summed E-state index contributed by atoms with van der Waals surface area (Å²) in [7, 11) is 0. The van der Waals surface area contributed by atoms with Gasteiger partial charge in [-0.25, -0.2) is 4.79 Å². The third kappa shape index (κ3) is 8.32. The highest BCUT2D eigenvalue weighted by Crippen LogP contribution is 2.33. The number of esters is 1. The number of aliphatic hydroxyl groups is 5. The van der Waals surface area contributed by atoms with Gasteiger partial charge in [-0.1, -0.05) is 12.1 Å². The number of carbonyl (C=O) groups is 1. The summed E-state index contributed by atoms with van der Waals surface area (Å²) < 4.78 is 30.4. The van der Waals surface area contributed by atoms with Gasteiger partial charge in [0.05, 0.1) is 25.4 Å². The van der Waals surface area contributed by atoms with Crippen molar-refractivity contribution in [2.45, 2.75) is 74.8 Å². The van der Waals surface area contributed by atoms with E-state index < -0.39 is 79.7 Å². The van der Waals surface area contributed by atoms with E-state index in [0.717, 1.165) is 6.08 Å². The molecule has 0 unspecified atom stereocenters. The van der Waals surface area contributed by atoms with Crippen LogP contribution in [0.4, 0.5) is 0 Å². The van der Waals surface area contributed by atoms with Crippen LogP contribution in [-0.2, 0) is 34.9 Å². The molecule has 16 nitrogen and oxygen atoms in total. The second kappa shape index (κ2) is 16.1. The molecular formula is C34H40NO15+. The lowest BCUT2D eigenvalue weighted by Crippen LogP contribution is -2.65. The summed E-state index contributed by atoms with van der Waals surface area (Å²) in [5.41, 5.74) is 1.41. The Labute approximate surface area is 285 Å². The Balaban J connectivity index is 1.36. The molecule has 0 radical (unpaired) electrons. The monoisotopic (exact) mass is 702 g/mol. The van der Waals surface area contributed by atoms with Gasteiger partial charge in [-0.05, 0) is 36.8 Å². The van der Waals surface area contributed by atoms with E-state index in [1.54, 1.807) is 35.2 Å². The van der Waals surface area contributed by atoms with Gasteiger partial charge in [-0.15, -0.1) is 0 Å². The number of ether oxygens (including phenoxy) is 5. The first kappa shape index (κ1) is 36.9. The Bertz CT molecular complexity index is 1640. The second-order valence-corrected chi connectivity index (χ2v) is 11.9. The van der Waals surface area contributed by atoms with Crippen molar-refractivity contribution in [1.29, 1.82) is 0 Å². The minimum absolute atomic E-state index is 0.131. The fourth-order valence-corrected chi connectivity index (χ4v) is 5.63. The van der Waals surface area contributed by atoms with E-state index in [4.69, 9.17) is 23.7 Å². The number of nitrogens with zero attached hydrogens (tertiary/aromatic N) is 1. The average molecular weight is 703 g/mol. The number of aliphatic hydroxyl groups excluding tert-OH is 5. The standard InChI is InChI=1S/C34H39NO15/c1-17-27(42)28(43)29(44)34(47-17)50-32-30(45)33(46-12-9-19-14-23(39)24(40)15-20(19)35-10-3-2-4-11-35)48-25(16-36)31(32)49-26(41)8-6-18-5-7-21(37)22(38)13-18/h2-8,10-11,13-15,17,25,27-34,36,42-45H,9,12,16H2,1H3,(H3-,37,38,39,40,41)/p+1/t17-,25+,27-,28+,29+,30+,31+,32+,33+,34-/m0/s1. The van der Waals surface area contributed by atoms with Gasteiger partial charge >= 0.3 is 5.97 Å². The number of aromatic nitrogens is 1. The molecule has 5 rings (SSSR count). The zero-order valence-corrected chi connectivity index (χ0v) is 26.7. The summed E-state index contributed by atoms with van der Waals surface area (Å²) in [5, 5.41) is 92.4. The van der Waals surface area contributed by atoms with Crippen LogP contribution in [0.3, 0.4) is 0 Å². The molecule has 2 aliphatic heterocycles. The van der Waals surface area contributed by atoms with E-state index in [-0.39, 0.29) is 30.3 Å². The lowest BCUT2D eigenvalue weighted by atomic mass is 9.97. The van der Waals surface area contributed by atoms with Gasteiger partial charge in [0.15, 0.2) is 54.1 Å². The Morgan fingerprint density at radius 2 is 1.52 bits per heavy atom. The van der Waals surface area contributed by atoms with Gasteiger partial charge in [0.1, 0.15) is 36.6 Å². The summed E-state index contributed by atoms with van der Waals surface area (Å²) >= 11 is 0. The molecule has 0 aliphatic carbocycles. The number of pyridine rings is 1. The molecule has 9 N–H and O–H groups in total. The molecule has 270 valence electrons. The molecule has 3 heterocycles. The first-order valence-corrected chi connectivity index (χ1v) is 15.7. The summed E-state index contributed by atoms with van der Waals surface area (Å²) in [6, 6.07) is 11.9. The van der Waals surface area contributed by atoms with Crippen LogP contribution in [-0.4, -0.2) is 127 Å². The first-order chi connectivity index (χ1) is 23.9. The molecule has 3 aromatic rings. The highest BCUT2D eigenvalue weighted by atomic mass is 16.7. The molecule has 1 aromatic heterocycles. The maximum Gasteiger partial charge on any atom is 0.331 e. The first-order valence-electron chi connectivity index (χ1n) is 15.7. The van der Waals surface area contributed by atoms with E-state index >= 15 is 0 Å². The Hall–Kier alpha value is -4.36. The van der Waals surface area contributed by atoms with Crippen molar-refractivity contribution in [1.82, 2.24) is 0 Å². The molecule has 0 spiro atoms. The summed E-state index contributed by atoms with van der Waals surface area (Å²) in [4.78, 5) is 12.9. The van der Waals surface area contributed by atoms with E-state index in [1.165, 1.54) is 43.3 Å². The number of phenolic OH excluding ortho intramolecular Hbond substituents is 4. The molecule has 2 aromatic carbocycles. The number of aromatic hydroxyl groups is 4. The number of rotatable bonds is 11. The molecular weight excluding hydrogens is 662 g/mol. The highest BCUT2D eigenvalue weighted by molar-refractivity contribution is 5.87. The molecule has 50 heavy (non-hydrogen) atoms. The van der Waals surface area contributed by atoms with Crippen LogP contribution in [0.1, 0.15) is 18.1 Å². The van der Waals surface area contributed by atoms with E-state index in [1.807, 2.05) is 0 Å². The fourth-order valence-electron chi connectivity index (χ4n) is 5.63. The third-order valence-corrected chi connectivity index (χ3v) is 8.38. The van der Waals surface area contributed by atoms with E-state index in [2.05, 4.69) is 0 Å². The maximum absolute atomic E-state index is 12.9. The van der Waals surface area contributed by atoms with Crippen LogP contribution in [0.2, 0.25) is 0 Å². The molecule has 0 saturated carbocycles. The van der Waals surface area contributed by atoms with Crippen LogP contribution in [0.15, 0.2) is 67.0 Å². The minimum atomic E-state index is -1.79. The Kier molecular flexibility index (Phi) is 11.9. The average Bonchev–Trinajstić information content (AvgIpc) is 3.10. The molecule has 0 bridgehead atoms. The zero-order chi connectivity index (χ0) is 36.1. The molecule has 10 atom stereocenters. The fraction of sp³-hybridized carbons (Fsp3) is 0.412. The zero-order valence-electron chi connectivity index (χ0n) is 26.7. The van der Waals surface area contributed by atoms with Crippen molar-refractivity contribution in [3.8, 4) is 28.7 Å². The van der Waals surface area contributed by atoms with Crippen molar-refractivity contribution >= 4 is 12.0 Å². The van der Waals surface area contributed by atoms with E-state index in [9.17, 15) is 50.8 Å². The minimum Gasteiger partial charge on any atom is -0.504 e. The van der Waals surface area contributed by atoms with Crippen LogP contribution in [0.25, 0.3) is 11.8 Å². The van der Waals surface area contributed by atoms with Crippen molar-refractivity contribution in [3.63, 3.8) is 0 Å². The van der Waals surface area contributed by atoms with Gasteiger partial charge in [-0.2, -0.15) is 4.57 Å². The number of hydrogen-bond acceptors (Lipinski definition) is 15. The van der Waals surface area contributed by atoms with Crippen LogP contribution in [0.5, 0.6) is 23.0 Å². The van der Waals surface area contributed by atoms with Gasteiger partial charge in [0.2, 0.25) is 5.69 Å². The van der Waals surface area contributed by atoms with Crippen LogP contribution in [0, 0.1) is 0 Å². The summed E-state index contributed by atoms with van der Waals surface area (Å²) in [5.74, 6) is -2.48. The van der Waals surface area contributed by atoms with Crippen LogP contribution < -0.4 is 4.57 Å². The number of phenols is 4. The van der Waals surface area contributed by atoms with Crippen molar-refractivity contribution in [2.75, 3.05) is 13.2 Å². The van der Waals surface area contributed by atoms with Gasteiger partial charge < -0.3 is 69.6 Å². The van der Waals surface area contributed by atoms with E-state index in [0.29, 0.717) is 16.8 Å². The normalized spacial score (nSPS) is 30.0. The van der Waals surface area contributed by atoms with Crippen molar-refractivity contribution < 1.29 is 79.0 Å². The van der Waals surface area contributed by atoms with Crippen LogP contribution >= 0.6 is 0 Å². The Morgan fingerprint density at radius 1 is 0.820 bits per heavy atom. The highest BCUT2D eigenvalue weighted by Gasteiger charge is 2.52. The van der Waals surface area contributed by atoms with Gasteiger partial charge in [-0.3, -0.25) is 0 Å². The molecule has 2 aliphatic rings. The Morgan fingerprint density at radius 3 is 2.22 bits per heavy atom. The lowest BCUT2D eigenvalue weighted by molar-refractivity contribution is -0.596. The number of benzene rings is 2. The molecule has 0 amide bonds. The second-order valence-electron chi connectivity index (χ2n) is 11.9. The topological polar surface area (TPSA) is 249 Å². The van der Waals surface area contributed by atoms with Crippen molar-refractivity contribution in [2.24, 2.45) is 0 Å². The third-order valence-electron chi connectivity index (χ3n) is 8.38. The largest absolute Gasteiger partial charge is 0.504 e. The molecule has 16 heteroatoms. The molecule has 2 fully saturated rings. The lowest BCUT2D eigenvalue weighted by Gasteiger charge is -2.46. The van der Waals surface area contributed by atoms with Crippen molar-refractivity contribution in [3.05, 3.63) is 78.1 Å². The molecule has 2 saturated heterocycles. The number of hydrogen-bond donors (Lipinski definition) is 9. The number of carbonyl (C=O) groups excluding carboxylic acids is 1. The predicted octanol–water partition coefficient (Wildman–Crippen LogP) is -0.739.